The first kappa shape index (κ1) is 24.4. The number of rotatable bonds is 8. The van der Waals surface area contributed by atoms with Crippen molar-refractivity contribution in [2.45, 2.75) is 19.6 Å². The van der Waals surface area contributed by atoms with Crippen molar-refractivity contribution in [3.8, 4) is 17.0 Å². The normalized spacial score (nSPS) is 11.3. The summed E-state index contributed by atoms with van der Waals surface area (Å²) in [7, 11) is 1.58. The highest BCUT2D eigenvalue weighted by atomic mass is 16.6. The molecule has 1 aromatic heterocycles. The molecule has 3 aromatic carbocycles. The van der Waals surface area contributed by atoms with Gasteiger partial charge < -0.3 is 20.1 Å². The van der Waals surface area contributed by atoms with Gasteiger partial charge in [0.05, 0.1) is 7.11 Å². The van der Waals surface area contributed by atoms with E-state index in [0.29, 0.717) is 22.7 Å². The molecule has 1 heterocycles. The molecule has 2 N–H and O–H groups in total. The summed E-state index contributed by atoms with van der Waals surface area (Å²) < 4.78 is 10.7. The summed E-state index contributed by atoms with van der Waals surface area (Å²) in [4.78, 5) is 34.2. The van der Waals surface area contributed by atoms with Crippen LogP contribution >= 0.6 is 0 Å². The zero-order chi connectivity index (χ0) is 25.3. The van der Waals surface area contributed by atoms with E-state index in [-0.39, 0.29) is 12.2 Å². The molecule has 0 saturated carbocycles. The molecule has 4 aromatic rings. The van der Waals surface area contributed by atoms with Gasteiger partial charge in [-0.15, -0.1) is 0 Å². The number of nitrogens with zero attached hydrogens (tertiary/aromatic N) is 2. The van der Waals surface area contributed by atoms with Crippen LogP contribution in [0.3, 0.4) is 0 Å². The number of methoxy groups -OCH3 is 1. The van der Waals surface area contributed by atoms with E-state index in [2.05, 4.69) is 20.6 Å². The van der Waals surface area contributed by atoms with Crippen LogP contribution in [-0.4, -0.2) is 29.1 Å². The predicted octanol–water partition coefficient (Wildman–Crippen LogP) is 5.39. The SMILES string of the molecule is COc1ccc(NC(=O)c2nccnc2-c2ccccc2CNC(=O)O[C@@H](C)c2ccccc2)cc1. The zero-order valence-electron chi connectivity index (χ0n) is 20.0. The Kier molecular flexibility index (Phi) is 7.87. The van der Waals surface area contributed by atoms with Crippen molar-refractivity contribution >= 4 is 17.7 Å². The van der Waals surface area contributed by atoms with Crippen LogP contribution in [0.1, 0.15) is 34.6 Å². The fourth-order valence-corrected chi connectivity index (χ4v) is 3.63. The van der Waals surface area contributed by atoms with E-state index in [4.69, 9.17) is 9.47 Å². The number of anilines is 1. The van der Waals surface area contributed by atoms with Crippen molar-refractivity contribution < 1.29 is 19.1 Å². The summed E-state index contributed by atoms with van der Waals surface area (Å²) in [6.45, 7) is 2.00. The number of nitrogens with one attached hydrogen (secondary N) is 2. The number of hydrogen-bond acceptors (Lipinski definition) is 6. The van der Waals surface area contributed by atoms with Gasteiger partial charge in [-0.3, -0.25) is 9.78 Å². The second kappa shape index (κ2) is 11.6. The number of carbonyl (C=O) groups is 2. The molecule has 0 bridgehead atoms. The van der Waals surface area contributed by atoms with Crippen molar-refractivity contribution in [2.75, 3.05) is 12.4 Å². The third kappa shape index (κ3) is 6.04. The third-order valence-electron chi connectivity index (χ3n) is 5.51. The second-order valence-electron chi connectivity index (χ2n) is 7.91. The number of hydrogen-bond donors (Lipinski definition) is 2. The lowest BCUT2D eigenvalue weighted by molar-refractivity contribution is 0.102. The van der Waals surface area contributed by atoms with Crippen LogP contribution in [0.2, 0.25) is 0 Å². The first-order chi connectivity index (χ1) is 17.5. The van der Waals surface area contributed by atoms with E-state index in [9.17, 15) is 9.59 Å². The lowest BCUT2D eigenvalue weighted by atomic mass is 10.0. The molecule has 0 aliphatic heterocycles. The number of carbonyl (C=O) groups excluding carboxylic acids is 2. The lowest BCUT2D eigenvalue weighted by Gasteiger charge is -2.16. The maximum atomic E-state index is 13.1. The van der Waals surface area contributed by atoms with Crippen molar-refractivity contribution in [2.24, 2.45) is 0 Å². The molecule has 0 aliphatic carbocycles. The van der Waals surface area contributed by atoms with Crippen LogP contribution in [0.4, 0.5) is 10.5 Å². The lowest BCUT2D eigenvalue weighted by Crippen LogP contribution is -2.25. The van der Waals surface area contributed by atoms with Crippen molar-refractivity contribution in [3.05, 3.63) is 108 Å². The largest absolute Gasteiger partial charge is 0.497 e. The molecule has 0 radical (unpaired) electrons. The average Bonchev–Trinajstić information content (AvgIpc) is 2.93. The van der Waals surface area contributed by atoms with Gasteiger partial charge in [0.25, 0.3) is 5.91 Å². The molecular weight excluding hydrogens is 456 g/mol. The number of benzene rings is 3. The van der Waals surface area contributed by atoms with Gasteiger partial charge >= 0.3 is 6.09 Å². The van der Waals surface area contributed by atoms with E-state index >= 15 is 0 Å². The van der Waals surface area contributed by atoms with Gasteiger partial charge in [-0.1, -0.05) is 54.6 Å². The smallest absolute Gasteiger partial charge is 0.408 e. The number of alkyl carbamates (subject to hydrolysis) is 1. The molecule has 8 nitrogen and oxygen atoms in total. The van der Waals surface area contributed by atoms with E-state index in [1.165, 1.54) is 12.4 Å². The monoisotopic (exact) mass is 482 g/mol. The van der Waals surface area contributed by atoms with E-state index in [1.54, 1.807) is 31.4 Å². The van der Waals surface area contributed by atoms with Crippen molar-refractivity contribution in [1.29, 1.82) is 0 Å². The molecule has 1 atom stereocenters. The van der Waals surface area contributed by atoms with Gasteiger partial charge in [-0.2, -0.15) is 0 Å². The molecule has 2 amide bonds. The molecule has 0 spiro atoms. The summed E-state index contributed by atoms with van der Waals surface area (Å²) in [5.41, 5.74) is 3.53. The first-order valence-corrected chi connectivity index (χ1v) is 11.4. The highest BCUT2D eigenvalue weighted by Gasteiger charge is 2.19. The van der Waals surface area contributed by atoms with Gasteiger partial charge in [0, 0.05) is 30.2 Å². The standard InChI is InChI=1S/C28H26N4O4/c1-19(20-8-4-3-5-9-20)36-28(34)31-18-21-10-6-7-11-24(21)25-26(30-17-16-29-25)27(33)32-22-12-14-23(35-2)15-13-22/h3-17,19H,18H2,1-2H3,(H,31,34)(H,32,33)/t19-/m0/s1. The highest BCUT2D eigenvalue weighted by molar-refractivity contribution is 6.06. The molecule has 36 heavy (non-hydrogen) atoms. The molecule has 182 valence electrons. The fourth-order valence-electron chi connectivity index (χ4n) is 3.63. The van der Waals surface area contributed by atoms with Crippen LogP contribution in [0.5, 0.6) is 5.75 Å². The Balaban J connectivity index is 1.49. The Bertz CT molecular complexity index is 1330. The fraction of sp³-hybridized carbons (Fsp3) is 0.143. The van der Waals surface area contributed by atoms with Crippen molar-refractivity contribution in [3.63, 3.8) is 0 Å². The number of ether oxygens (including phenoxy) is 2. The van der Waals surface area contributed by atoms with E-state index < -0.39 is 18.1 Å². The topological polar surface area (TPSA) is 102 Å². The molecule has 8 heteroatoms. The summed E-state index contributed by atoms with van der Waals surface area (Å²) >= 11 is 0. The maximum absolute atomic E-state index is 13.1. The van der Waals surface area contributed by atoms with E-state index in [1.807, 2.05) is 61.5 Å². The predicted molar refractivity (Wildman–Crippen MR) is 137 cm³/mol. The van der Waals surface area contributed by atoms with Crippen LogP contribution < -0.4 is 15.4 Å². The molecule has 0 aliphatic rings. The van der Waals surface area contributed by atoms with Crippen LogP contribution in [0, 0.1) is 0 Å². The first-order valence-electron chi connectivity index (χ1n) is 11.4. The zero-order valence-corrected chi connectivity index (χ0v) is 20.0. The minimum atomic E-state index is -0.544. The summed E-state index contributed by atoms with van der Waals surface area (Å²) in [6.07, 6.45) is 2.06. The van der Waals surface area contributed by atoms with Gasteiger partial charge in [0.2, 0.25) is 0 Å². The molecule has 4 rings (SSSR count). The average molecular weight is 483 g/mol. The quantitative estimate of drug-likeness (QED) is 0.349. The maximum Gasteiger partial charge on any atom is 0.408 e. The number of aromatic nitrogens is 2. The third-order valence-corrected chi connectivity index (χ3v) is 5.51. The van der Waals surface area contributed by atoms with Crippen LogP contribution in [0.15, 0.2) is 91.3 Å². The minimum Gasteiger partial charge on any atom is -0.497 e. The Morgan fingerprint density at radius 1 is 0.889 bits per heavy atom. The second-order valence-corrected chi connectivity index (χ2v) is 7.91. The summed E-state index contributed by atoms with van der Waals surface area (Å²) in [6, 6.07) is 23.9. The Morgan fingerprint density at radius 3 is 2.33 bits per heavy atom. The Labute approximate surface area is 209 Å². The van der Waals surface area contributed by atoms with E-state index in [0.717, 1.165) is 11.1 Å². The molecule has 0 saturated heterocycles. The van der Waals surface area contributed by atoms with Gasteiger partial charge in [-0.05, 0) is 42.3 Å². The summed E-state index contributed by atoms with van der Waals surface area (Å²) in [5.74, 6) is 0.286. The minimum absolute atomic E-state index is 0.168. The van der Waals surface area contributed by atoms with Crippen molar-refractivity contribution in [1.82, 2.24) is 15.3 Å². The summed E-state index contributed by atoms with van der Waals surface area (Å²) in [5, 5.41) is 5.63. The van der Waals surface area contributed by atoms with Crippen LogP contribution in [-0.2, 0) is 11.3 Å². The Hall–Kier alpha value is -4.72. The van der Waals surface area contributed by atoms with Crippen LogP contribution in [0.25, 0.3) is 11.3 Å². The highest BCUT2D eigenvalue weighted by Crippen LogP contribution is 2.25. The van der Waals surface area contributed by atoms with Gasteiger partial charge in [0.15, 0.2) is 5.69 Å². The number of amides is 2. The van der Waals surface area contributed by atoms with Gasteiger partial charge in [0.1, 0.15) is 17.5 Å². The molecular formula is C28H26N4O4. The molecule has 0 unspecified atom stereocenters. The van der Waals surface area contributed by atoms with Gasteiger partial charge in [-0.25, -0.2) is 9.78 Å². The Morgan fingerprint density at radius 2 is 1.58 bits per heavy atom. The molecule has 0 fully saturated rings.